The monoisotopic (exact) mass is 487 g/mol. The molecule has 10 heteroatoms. The molecule has 0 saturated heterocycles. The Labute approximate surface area is 201 Å². The second-order valence-corrected chi connectivity index (χ2v) is 7.79. The number of anilines is 1. The molecule has 0 spiro atoms. The number of ether oxygens (including phenoxy) is 3. The van der Waals surface area contributed by atoms with Crippen LogP contribution in [0.1, 0.15) is 34.6 Å². The molecule has 2 N–H and O–H groups in total. The number of alkyl halides is 2. The van der Waals surface area contributed by atoms with Gasteiger partial charge in [0.1, 0.15) is 12.4 Å². The third kappa shape index (κ3) is 7.51. The topological polar surface area (TPSA) is 106 Å². The van der Waals surface area contributed by atoms with Gasteiger partial charge in [0, 0.05) is 6.20 Å². The van der Waals surface area contributed by atoms with Crippen molar-refractivity contribution in [3.63, 3.8) is 0 Å². The van der Waals surface area contributed by atoms with Crippen LogP contribution in [0.4, 0.5) is 14.6 Å². The van der Waals surface area contributed by atoms with E-state index < -0.39 is 30.2 Å². The highest BCUT2D eigenvalue weighted by molar-refractivity contribution is 5.97. The maximum Gasteiger partial charge on any atom is 0.351 e. The fraction of sp³-hybridized carbons (Fsp3) is 0.320. The van der Waals surface area contributed by atoms with Gasteiger partial charge in [-0.2, -0.15) is 13.8 Å². The van der Waals surface area contributed by atoms with Crippen molar-refractivity contribution in [2.24, 2.45) is 0 Å². The molecule has 0 radical (unpaired) electrons. The van der Waals surface area contributed by atoms with Gasteiger partial charge in [-0.1, -0.05) is 60.7 Å². The molecule has 2 aromatic carbocycles. The van der Waals surface area contributed by atoms with Gasteiger partial charge in [0.2, 0.25) is 6.23 Å². The summed E-state index contributed by atoms with van der Waals surface area (Å²) in [4.78, 5) is 27.8. The highest BCUT2D eigenvalue weighted by Crippen LogP contribution is 2.30. The molecule has 1 atom stereocenters. The quantitative estimate of drug-likeness (QED) is 0.290. The fourth-order valence-corrected chi connectivity index (χ4v) is 3.26. The van der Waals surface area contributed by atoms with E-state index >= 15 is 8.78 Å². The van der Waals surface area contributed by atoms with Gasteiger partial charge in [-0.3, -0.25) is 9.36 Å². The molecule has 1 unspecified atom stereocenters. The molecule has 8 nitrogen and oxygen atoms in total. The number of carbonyl (C=O) groups is 1. The number of rotatable bonds is 13. The summed E-state index contributed by atoms with van der Waals surface area (Å²) in [6.45, 7) is 0.0987. The third-order valence-electron chi connectivity index (χ3n) is 5.00. The molecule has 3 aromatic rings. The van der Waals surface area contributed by atoms with Gasteiger partial charge in [0.05, 0.1) is 32.0 Å². The summed E-state index contributed by atoms with van der Waals surface area (Å²) in [5.41, 5.74) is 6.00. The van der Waals surface area contributed by atoms with Gasteiger partial charge in [-0.05, 0) is 18.1 Å². The zero-order valence-electron chi connectivity index (χ0n) is 19.2. The molecule has 186 valence electrons. The Morgan fingerprint density at radius 3 is 2.14 bits per heavy atom. The van der Waals surface area contributed by atoms with Crippen LogP contribution in [0.25, 0.3) is 0 Å². The van der Waals surface area contributed by atoms with Crippen LogP contribution >= 0.6 is 0 Å². The first-order valence-electron chi connectivity index (χ1n) is 10.9. The molecule has 35 heavy (non-hydrogen) atoms. The number of ketones is 1. The molecule has 0 aliphatic carbocycles. The van der Waals surface area contributed by atoms with Crippen molar-refractivity contribution >= 4 is 11.6 Å². The van der Waals surface area contributed by atoms with Gasteiger partial charge in [0.15, 0.2) is 5.78 Å². The van der Waals surface area contributed by atoms with Crippen molar-refractivity contribution in [1.82, 2.24) is 9.55 Å². The Kier molecular flexibility index (Phi) is 9.18. The number of nitrogens with zero attached hydrogens (tertiary/aromatic N) is 2. The van der Waals surface area contributed by atoms with Crippen molar-refractivity contribution in [1.29, 1.82) is 0 Å². The predicted octanol–water partition coefficient (Wildman–Crippen LogP) is 3.61. The van der Waals surface area contributed by atoms with Crippen LogP contribution in [0.3, 0.4) is 0 Å². The SMILES string of the molecule is CC(=O)c1cn(C(OCCOCc2ccccc2)C(F)(F)COCc2ccccc2)c(=O)nc1N. The normalized spacial score (nSPS) is 12.4. The van der Waals surface area contributed by atoms with E-state index in [4.69, 9.17) is 19.9 Å². The maximum absolute atomic E-state index is 15.3. The van der Waals surface area contributed by atoms with Gasteiger partial charge in [-0.15, -0.1) is 0 Å². The van der Waals surface area contributed by atoms with Gasteiger partial charge in [0.25, 0.3) is 0 Å². The second-order valence-electron chi connectivity index (χ2n) is 7.79. The number of carbonyl (C=O) groups excluding carboxylic acids is 1. The van der Waals surface area contributed by atoms with Crippen LogP contribution in [0.15, 0.2) is 71.7 Å². The average molecular weight is 488 g/mol. The number of nitrogens with two attached hydrogens (primary N) is 1. The minimum absolute atomic E-state index is 0.0108. The zero-order valence-corrected chi connectivity index (χ0v) is 19.2. The van der Waals surface area contributed by atoms with E-state index in [1.807, 2.05) is 30.3 Å². The molecule has 0 fully saturated rings. The highest BCUT2D eigenvalue weighted by Gasteiger charge is 2.43. The number of nitrogen functional groups attached to an aromatic ring is 1. The molecule has 0 aliphatic heterocycles. The minimum Gasteiger partial charge on any atom is -0.383 e. The standard InChI is InChI=1S/C25H27F2N3O5/c1-18(31)21-14-30(24(32)29-22(21)28)23(35-13-12-33-15-19-8-4-2-5-9-19)25(26,27)17-34-16-20-10-6-3-7-11-20/h2-11,14,23H,12-13,15-17H2,1H3,(H2,28,29,32). The summed E-state index contributed by atoms with van der Waals surface area (Å²) in [6.07, 6.45) is -1.16. The van der Waals surface area contributed by atoms with Crippen molar-refractivity contribution in [3.05, 3.63) is 94.0 Å². The van der Waals surface area contributed by atoms with Crippen molar-refractivity contribution in [2.75, 3.05) is 25.6 Å². The van der Waals surface area contributed by atoms with Gasteiger partial charge >= 0.3 is 11.6 Å². The Hall–Kier alpha value is -3.47. The number of hydrogen-bond donors (Lipinski definition) is 1. The van der Waals surface area contributed by atoms with E-state index in [9.17, 15) is 9.59 Å². The molecule has 1 heterocycles. The van der Waals surface area contributed by atoms with E-state index in [0.29, 0.717) is 10.1 Å². The van der Waals surface area contributed by atoms with Gasteiger partial charge in [-0.25, -0.2) is 4.79 Å². The summed E-state index contributed by atoms with van der Waals surface area (Å²) < 4.78 is 47.2. The summed E-state index contributed by atoms with van der Waals surface area (Å²) in [5.74, 6) is -4.52. The lowest BCUT2D eigenvalue weighted by atomic mass is 10.2. The molecular formula is C25H27F2N3O5. The Morgan fingerprint density at radius 1 is 1.00 bits per heavy atom. The Balaban J connectivity index is 1.73. The average Bonchev–Trinajstić information content (AvgIpc) is 2.83. The van der Waals surface area contributed by atoms with Crippen LogP contribution in [0.5, 0.6) is 0 Å². The molecule has 3 rings (SSSR count). The number of halogens is 2. The number of aromatic nitrogens is 2. The van der Waals surface area contributed by atoms with E-state index in [2.05, 4.69) is 4.98 Å². The predicted molar refractivity (Wildman–Crippen MR) is 125 cm³/mol. The largest absolute Gasteiger partial charge is 0.383 e. The molecule has 0 bridgehead atoms. The summed E-state index contributed by atoms with van der Waals surface area (Å²) >= 11 is 0. The molecule has 1 aromatic heterocycles. The molecule has 0 amide bonds. The van der Waals surface area contributed by atoms with Crippen LogP contribution < -0.4 is 11.4 Å². The Morgan fingerprint density at radius 2 is 1.57 bits per heavy atom. The Bertz CT molecular complexity index is 1160. The third-order valence-corrected chi connectivity index (χ3v) is 5.00. The van der Waals surface area contributed by atoms with Crippen molar-refractivity contribution < 1.29 is 27.8 Å². The highest BCUT2D eigenvalue weighted by atomic mass is 19.3. The summed E-state index contributed by atoms with van der Waals surface area (Å²) in [6, 6.07) is 18.1. The lowest BCUT2D eigenvalue weighted by Crippen LogP contribution is -2.43. The van der Waals surface area contributed by atoms with Crippen LogP contribution in [0, 0.1) is 0 Å². The maximum atomic E-state index is 15.3. The lowest BCUT2D eigenvalue weighted by Gasteiger charge is -2.28. The zero-order chi connectivity index (χ0) is 25.3. The van der Waals surface area contributed by atoms with Crippen LogP contribution in [-0.2, 0) is 27.4 Å². The van der Waals surface area contributed by atoms with E-state index in [1.165, 1.54) is 6.92 Å². The van der Waals surface area contributed by atoms with Crippen molar-refractivity contribution in [3.8, 4) is 0 Å². The first kappa shape index (κ1) is 26.1. The van der Waals surface area contributed by atoms with Crippen LogP contribution in [0.2, 0.25) is 0 Å². The first-order chi connectivity index (χ1) is 16.8. The second kappa shape index (κ2) is 12.3. The van der Waals surface area contributed by atoms with Crippen LogP contribution in [-0.4, -0.2) is 41.1 Å². The summed E-state index contributed by atoms with van der Waals surface area (Å²) in [7, 11) is 0. The van der Waals surface area contributed by atoms with E-state index in [0.717, 1.165) is 11.8 Å². The van der Waals surface area contributed by atoms with Crippen molar-refractivity contribution in [2.45, 2.75) is 32.3 Å². The number of benzene rings is 2. The smallest absolute Gasteiger partial charge is 0.351 e. The number of Topliss-reactive ketones (excluding diaryl/α,β-unsaturated/α-hetero) is 1. The lowest BCUT2D eigenvalue weighted by molar-refractivity contribution is -0.207. The molecule has 0 aliphatic rings. The number of hydrogen-bond acceptors (Lipinski definition) is 7. The first-order valence-corrected chi connectivity index (χ1v) is 10.9. The summed E-state index contributed by atoms with van der Waals surface area (Å²) in [5, 5.41) is 0. The van der Waals surface area contributed by atoms with E-state index in [-0.39, 0.29) is 37.8 Å². The van der Waals surface area contributed by atoms with Gasteiger partial charge < -0.3 is 19.9 Å². The molecular weight excluding hydrogens is 460 g/mol. The van der Waals surface area contributed by atoms with E-state index in [1.54, 1.807) is 30.3 Å². The fourth-order valence-electron chi connectivity index (χ4n) is 3.26. The molecule has 0 saturated carbocycles. The minimum atomic E-state index is -3.65.